The van der Waals surface area contributed by atoms with E-state index in [-0.39, 0.29) is 5.56 Å². The molecule has 0 aliphatic heterocycles. The number of rotatable bonds is 2. The van der Waals surface area contributed by atoms with Crippen LogP contribution in [0.5, 0.6) is 0 Å². The fourth-order valence-electron chi connectivity index (χ4n) is 1.73. The number of ether oxygens (including phenoxy) is 1. The number of nitrogens with zero attached hydrogens (tertiary/aromatic N) is 1. The van der Waals surface area contributed by atoms with E-state index in [0.29, 0.717) is 11.2 Å². The molecule has 2 aromatic heterocycles. The molecule has 0 aliphatic carbocycles. The van der Waals surface area contributed by atoms with Gasteiger partial charge >= 0.3 is 12.1 Å². The van der Waals surface area contributed by atoms with E-state index in [9.17, 15) is 9.59 Å². The maximum atomic E-state index is 11.6. The molecule has 0 aromatic carbocycles. The maximum absolute atomic E-state index is 11.6. The molecule has 0 radical (unpaired) electrons. The summed E-state index contributed by atoms with van der Waals surface area (Å²) in [4.78, 5) is 22.5. The zero-order valence-electron chi connectivity index (χ0n) is 11.5. The van der Waals surface area contributed by atoms with Gasteiger partial charge < -0.3 is 14.2 Å². The lowest BCUT2D eigenvalue weighted by Crippen LogP contribution is -2.27. The van der Waals surface area contributed by atoms with Gasteiger partial charge in [0.25, 0.3) is 0 Å². The van der Waals surface area contributed by atoms with Crippen molar-refractivity contribution in [2.75, 3.05) is 5.32 Å². The quantitative estimate of drug-likeness (QED) is 0.883. The average molecular weight is 276 g/mol. The Morgan fingerprint density at radius 1 is 1.30 bits per heavy atom. The van der Waals surface area contributed by atoms with Gasteiger partial charge in [-0.15, -0.1) is 0 Å². The Balaban J connectivity index is 2.19. The Labute approximate surface area is 116 Å². The molecule has 2 aromatic rings. The molecule has 106 valence electrons. The lowest BCUT2D eigenvalue weighted by atomic mass is 10.2. The van der Waals surface area contributed by atoms with Gasteiger partial charge in [0.15, 0.2) is 0 Å². The van der Waals surface area contributed by atoms with Crippen LogP contribution in [0.2, 0.25) is 0 Å². The van der Waals surface area contributed by atoms with Crippen molar-refractivity contribution < 1.29 is 19.4 Å². The van der Waals surface area contributed by atoms with Gasteiger partial charge in [-0.25, -0.2) is 9.59 Å². The van der Waals surface area contributed by atoms with E-state index in [0.717, 1.165) is 0 Å². The van der Waals surface area contributed by atoms with Crippen molar-refractivity contribution in [1.82, 2.24) is 4.40 Å². The van der Waals surface area contributed by atoms with Crippen molar-refractivity contribution >= 4 is 23.3 Å². The first-order chi connectivity index (χ1) is 9.24. The van der Waals surface area contributed by atoms with E-state index in [2.05, 4.69) is 5.32 Å². The smallest absolute Gasteiger partial charge is 0.412 e. The van der Waals surface area contributed by atoms with E-state index in [4.69, 9.17) is 9.84 Å². The third-order valence-electron chi connectivity index (χ3n) is 2.49. The molecular weight excluding hydrogens is 260 g/mol. The molecule has 0 saturated carbocycles. The molecule has 0 spiro atoms. The highest BCUT2D eigenvalue weighted by molar-refractivity contribution is 5.90. The summed E-state index contributed by atoms with van der Waals surface area (Å²) >= 11 is 0. The molecule has 1 amide bonds. The summed E-state index contributed by atoms with van der Waals surface area (Å²) in [6.45, 7) is 5.34. The number of nitrogens with one attached hydrogen (secondary N) is 1. The lowest BCUT2D eigenvalue weighted by molar-refractivity contribution is 0.0634. The summed E-state index contributed by atoms with van der Waals surface area (Å²) < 4.78 is 6.82. The van der Waals surface area contributed by atoms with Gasteiger partial charge in [-0.1, -0.05) is 0 Å². The first kappa shape index (κ1) is 13.9. The molecule has 0 fully saturated rings. The number of carboxylic acid groups (broad SMARTS) is 1. The monoisotopic (exact) mass is 276 g/mol. The number of hydrogen-bond acceptors (Lipinski definition) is 3. The van der Waals surface area contributed by atoms with Crippen molar-refractivity contribution in [3.05, 3.63) is 36.2 Å². The minimum absolute atomic E-state index is 0.194. The number of aromatic nitrogens is 1. The topological polar surface area (TPSA) is 80.0 Å². The van der Waals surface area contributed by atoms with Crippen LogP contribution in [0.4, 0.5) is 10.5 Å². The van der Waals surface area contributed by atoms with Crippen LogP contribution in [0.25, 0.3) is 5.52 Å². The molecule has 0 saturated heterocycles. The number of carbonyl (C=O) groups is 2. The van der Waals surface area contributed by atoms with Crippen LogP contribution in [0.1, 0.15) is 31.1 Å². The second kappa shape index (κ2) is 4.88. The standard InChI is InChI=1S/C14H16N2O4/c1-14(2,3)20-13(19)15-10-4-5-16-8-9(12(17)18)6-11(16)7-10/h4-8H,1-3H3,(H,15,19)(H,17,18). The second-order valence-corrected chi connectivity index (χ2v) is 5.41. The van der Waals surface area contributed by atoms with Gasteiger partial charge in [0, 0.05) is 23.6 Å². The molecule has 0 atom stereocenters. The lowest BCUT2D eigenvalue weighted by Gasteiger charge is -2.19. The fourth-order valence-corrected chi connectivity index (χ4v) is 1.73. The Bertz CT molecular complexity index is 667. The van der Waals surface area contributed by atoms with Gasteiger partial charge in [0.1, 0.15) is 5.60 Å². The number of amides is 1. The highest BCUT2D eigenvalue weighted by atomic mass is 16.6. The number of anilines is 1. The predicted octanol–water partition coefficient (Wildman–Crippen LogP) is 2.98. The molecule has 20 heavy (non-hydrogen) atoms. The highest BCUT2D eigenvalue weighted by Crippen LogP contribution is 2.17. The van der Waals surface area contributed by atoms with Crippen molar-refractivity contribution in [1.29, 1.82) is 0 Å². The first-order valence-electron chi connectivity index (χ1n) is 6.10. The van der Waals surface area contributed by atoms with E-state index in [1.54, 1.807) is 43.5 Å². The van der Waals surface area contributed by atoms with Crippen LogP contribution < -0.4 is 5.32 Å². The predicted molar refractivity (Wildman–Crippen MR) is 74.2 cm³/mol. The zero-order valence-corrected chi connectivity index (χ0v) is 11.5. The molecule has 0 aliphatic rings. The summed E-state index contributed by atoms with van der Waals surface area (Å²) in [5.74, 6) is -0.990. The zero-order chi connectivity index (χ0) is 14.9. The number of aromatic carboxylic acids is 1. The van der Waals surface area contributed by atoms with Gasteiger partial charge in [0.2, 0.25) is 0 Å². The largest absolute Gasteiger partial charge is 0.478 e. The van der Waals surface area contributed by atoms with E-state index in [1.807, 2.05) is 0 Å². The van der Waals surface area contributed by atoms with E-state index >= 15 is 0 Å². The van der Waals surface area contributed by atoms with Crippen LogP contribution in [-0.2, 0) is 4.74 Å². The molecule has 6 nitrogen and oxygen atoms in total. The highest BCUT2D eigenvalue weighted by Gasteiger charge is 2.16. The Morgan fingerprint density at radius 3 is 2.60 bits per heavy atom. The van der Waals surface area contributed by atoms with Crippen LogP contribution >= 0.6 is 0 Å². The summed E-state index contributed by atoms with van der Waals surface area (Å²) in [6.07, 6.45) is 2.63. The van der Waals surface area contributed by atoms with Crippen molar-refractivity contribution in [2.45, 2.75) is 26.4 Å². The normalized spacial score (nSPS) is 11.3. The average Bonchev–Trinajstić information content (AvgIpc) is 2.69. The van der Waals surface area contributed by atoms with Crippen molar-refractivity contribution in [2.24, 2.45) is 0 Å². The fraction of sp³-hybridized carbons (Fsp3) is 0.286. The third-order valence-corrected chi connectivity index (χ3v) is 2.49. The Hall–Kier alpha value is -2.50. The summed E-state index contributed by atoms with van der Waals surface area (Å²) in [6, 6.07) is 4.88. The molecule has 0 bridgehead atoms. The van der Waals surface area contributed by atoms with E-state index in [1.165, 1.54) is 12.3 Å². The van der Waals surface area contributed by atoms with Gasteiger partial charge in [0.05, 0.1) is 5.56 Å². The third kappa shape index (κ3) is 3.28. The minimum Gasteiger partial charge on any atom is -0.478 e. The van der Waals surface area contributed by atoms with Crippen LogP contribution in [0, 0.1) is 0 Å². The number of hydrogen-bond donors (Lipinski definition) is 2. The molecule has 2 N–H and O–H groups in total. The molecule has 2 heterocycles. The Morgan fingerprint density at radius 2 is 2.00 bits per heavy atom. The van der Waals surface area contributed by atoms with Gasteiger partial charge in [-0.2, -0.15) is 0 Å². The van der Waals surface area contributed by atoms with Crippen molar-refractivity contribution in [3.63, 3.8) is 0 Å². The molecular formula is C14H16N2O4. The van der Waals surface area contributed by atoms with Gasteiger partial charge in [-0.05, 0) is 39.0 Å². The maximum Gasteiger partial charge on any atom is 0.412 e. The van der Waals surface area contributed by atoms with Crippen LogP contribution in [0.3, 0.4) is 0 Å². The number of carbonyl (C=O) groups excluding carboxylic acids is 1. The number of fused-ring (bicyclic) bond motifs is 1. The summed E-state index contributed by atoms with van der Waals surface area (Å²) in [5, 5.41) is 11.5. The molecule has 0 unspecified atom stereocenters. The molecule has 6 heteroatoms. The summed E-state index contributed by atoms with van der Waals surface area (Å²) in [7, 11) is 0. The van der Waals surface area contributed by atoms with Crippen LogP contribution in [0.15, 0.2) is 30.6 Å². The Kier molecular flexibility index (Phi) is 3.40. The van der Waals surface area contributed by atoms with Crippen molar-refractivity contribution in [3.8, 4) is 0 Å². The van der Waals surface area contributed by atoms with E-state index < -0.39 is 17.7 Å². The first-order valence-corrected chi connectivity index (χ1v) is 6.10. The minimum atomic E-state index is -0.990. The second-order valence-electron chi connectivity index (χ2n) is 5.41. The molecule has 2 rings (SSSR count). The van der Waals surface area contributed by atoms with Gasteiger partial charge in [-0.3, -0.25) is 5.32 Å². The van der Waals surface area contributed by atoms with Crippen LogP contribution in [-0.4, -0.2) is 27.2 Å². The number of pyridine rings is 1. The SMILES string of the molecule is CC(C)(C)OC(=O)Nc1ccn2cc(C(=O)O)cc2c1. The summed E-state index contributed by atoms with van der Waals surface area (Å²) in [5.41, 5.74) is 0.844. The number of carboxylic acids is 1.